The van der Waals surface area contributed by atoms with Crippen molar-refractivity contribution in [3.63, 3.8) is 0 Å². The summed E-state index contributed by atoms with van der Waals surface area (Å²) in [5.41, 5.74) is -3.64. The summed E-state index contributed by atoms with van der Waals surface area (Å²) in [6.07, 6.45) is -4.08. The highest BCUT2D eigenvalue weighted by molar-refractivity contribution is 7.91. The van der Waals surface area contributed by atoms with Crippen molar-refractivity contribution in [2.45, 2.75) is 83.3 Å². The minimum Gasteiger partial charge on any atom is -0.444 e. The highest BCUT2D eigenvalue weighted by Crippen LogP contribution is 2.37. The minimum atomic E-state index is -4.83. The number of benzene rings is 2. The van der Waals surface area contributed by atoms with Crippen molar-refractivity contribution in [1.82, 2.24) is 19.4 Å². The molecule has 1 aromatic heterocycles. The molecule has 10 nitrogen and oxygen atoms in total. The molecule has 3 aromatic rings. The Labute approximate surface area is 270 Å². The number of piperidine rings is 1. The summed E-state index contributed by atoms with van der Waals surface area (Å²) in [6, 6.07) is 4.38. The van der Waals surface area contributed by atoms with Crippen LogP contribution < -0.4 is 11.2 Å². The number of carbonyl (C=O) groups excluding carboxylic acids is 1. The molecule has 15 heteroatoms. The van der Waals surface area contributed by atoms with Crippen LogP contribution in [0, 0.1) is 6.92 Å². The molecule has 4 rings (SSSR count). The SMILES string of the molecule is CCS(=O)(=O)c1ccc(Cl)cc1Cn1c(=O)[nH]c2c(C)c(CN3CCC[C@H](N(C)C(=O)OC(C)(C)C)C3)c(C(F)(F)F)cc2c1=O. The topological polar surface area (TPSA) is 122 Å². The van der Waals surface area contributed by atoms with E-state index in [2.05, 4.69) is 4.98 Å². The number of ether oxygens (including phenoxy) is 1. The summed E-state index contributed by atoms with van der Waals surface area (Å²) in [5.74, 6) is -0.253. The van der Waals surface area contributed by atoms with Crippen LogP contribution in [0.25, 0.3) is 10.9 Å². The van der Waals surface area contributed by atoms with Crippen molar-refractivity contribution in [3.05, 3.63) is 72.4 Å². The Morgan fingerprint density at radius 1 is 1.15 bits per heavy atom. The smallest absolute Gasteiger partial charge is 0.416 e. The number of fused-ring (bicyclic) bond motifs is 1. The molecule has 46 heavy (non-hydrogen) atoms. The number of aryl methyl sites for hydroxylation is 1. The Kier molecular flexibility index (Phi) is 10.1. The Bertz CT molecular complexity index is 1880. The quantitative estimate of drug-likeness (QED) is 0.356. The van der Waals surface area contributed by atoms with E-state index in [4.69, 9.17) is 16.3 Å². The third-order valence-electron chi connectivity index (χ3n) is 8.13. The van der Waals surface area contributed by atoms with Crippen LogP contribution in [-0.4, -0.2) is 71.4 Å². The second-order valence-electron chi connectivity index (χ2n) is 12.5. The molecule has 1 aliphatic heterocycles. The molecule has 1 aliphatic rings. The number of nitrogens with zero attached hydrogens (tertiary/aromatic N) is 3. The highest BCUT2D eigenvalue weighted by Gasteiger charge is 2.37. The largest absolute Gasteiger partial charge is 0.444 e. The minimum absolute atomic E-state index is 0.0406. The van der Waals surface area contributed by atoms with Crippen molar-refractivity contribution in [1.29, 1.82) is 0 Å². The van der Waals surface area contributed by atoms with Gasteiger partial charge in [-0.25, -0.2) is 18.0 Å². The molecule has 1 fully saturated rings. The van der Waals surface area contributed by atoms with Crippen LogP contribution in [0.3, 0.4) is 0 Å². The van der Waals surface area contributed by atoms with Gasteiger partial charge in [0.2, 0.25) is 0 Å². The van der Waals surface area contributed by atoms with Gasteiger partial charge in [0.15, 0.2) is 9.84 Å². The average Bonchev–Trinajstić information content (AvgIpc) is 2.95. The Balaban J connectivity index is 1.76. The van der Waals surface area contributed by atoms with Gasteiger partial charge in [0.05, 0.1) is 33.7 Å². The maximum absolute atomic E-state index is 14.6. The molecule has 1 N–H and O–H groups in total. The summed E-state index contributed by atoms with van der Waals surface area (Å²) < 4.78 is 75.2. The molecule has 1 amide bonds. The van der Waals surface area contributed by atoms with Gasteiger partial charge in [-0.3, -0.25) is 14.3 Å². The van der Waals surface area contributed by atoms with E-state index in [1.165, 1.54) is 36.9 Å². The summed E-state index contributed by atoms with van der Waals surface area (Å²) in [6.45, 7) is 8.21. The molecular weight excluding hydrogens is 649 g/mol. The molecule has 0 bridgehead atoms. The molecule has 252 valence electrons. The molecular formula is C31H38ClF3N4O6S. The van der Waals surface area contributed by atoms with E-state index in [1.54, 1.807) is 27.8 Å². The lowest BCUT2D eigenvalue weighted by Crippen LogP contribution is -2.49. The van der Waals surface area contributed by atoms with Crippen LogP contribution in [0.1, 0.15) is 62.8 Å². The number of amides is 1. The number of halogens is 4. The second kappa shape index (κ2) is 13.0. The molecule has 1 saturated heterocycles. The van der Waals surface area contributed by atoms with E-state index in [0.717, 1.165) is 6.07 Å². The lowest BCUT2D eigenvalue weighted by Gasteiger charge is -2.38. The van der Waals surface area contributed by atoms with Crippen LogP contribution in [0.15, 0.2) is 38.8 Å². The summed E-state index contributed by atoms with van der Waals surface area (Å²) >= 11 is 6.08. The number of rotatable bonds is 7. The number of nitrogens with one attached hydrogen (secondary N) is 1. The van der Waals surface area contributed by atoms with Gasteiger partial charge in [0.1, 0.15) is 5.60 Å². The van der Waals surface area contributed by atoms with Gasteiger partial charge in [-0.1, -0.05) is 18.5 Å². The zero-order chi connectivity index (χ0) is 34.4. The monoisotopic (exact) mass is 686 g/mol. The number of likely N-dealkylation sites (tertiary alicyclic amines) is 1. The van der Waals surface area contributed by atoms with E-state index in [9.17, 15) is 36.0 Å². The molecule has 1 atom stereocenters. The lowest BCUT2D eigenvalue weighted by molar-refractivity contribution is -0.138. The summed E-state index contributed by atoms with van der Waals surface area (Å²) in [4.78, 5) is 45.2. The maximum atomic E-state index is 14.6. The fraction of sp³-hybridized carbons (Fsp3) is 0.516. The first-order valence-electron chi connectivity index (χ1n) is 14.8. The van der Waals surface area contributed by atoms with Crippen LogP contribution in [0.4, 0.5) is 18.0 Å². The number of sulfone groups is 1. The van der Waals surface area contributed by atoms with Crippen LogP contribution in [0.5, 0.6) is 0 Å². The zero-order valence-corrected chi connectivity index (χ0v) is 28.1. The van der Waals surface area contributed by atoms with Crippen molar-refractivity contribution in [2.24, 2.45) is 0 Å². The molecule has 0 unspecified atom stereocenters. The molecule has 0 spiro atoms. The molecule has 2 aromatic carbocycles. The van der Waals surface area contributed by atoms with Crippen LogP contribution in [-0.2, 0) is 33.8 Å². The maximum Gasteiger partial charge on any atom is 0.416 e. The van der Waals surface area contributed by atoms with Gasteiger partial charge < -0.3 is 14.6 Å². The first kappa shape index (κ1) is 35.5. The fourth-order valence-electron chi connectivity index (χ4n) is 5.70. The van der Waals surface area contributed by atoms with E-state index in [0.29, 0.717) is 30.5 Å². The van der Waals surface area contributed by atoms with Crippen molar-refractivity contribution in [2.75, 3.05) is 25.9 Å². The van der Waals surface area contributed by atoms with Crippen molar-refractivity contribution in [3.8, 4) is 0 Å². The standard InChI is InChI=1S/C31H38ClF3N4O6S/c1-7-46(43,44)25-11-10-20(32)13-19(25)15-39-27(40)22-14-24(31(33,34)35)23(18(2)26(22)36-28(39)41)17-38-12-8-9-21(16-38)37(6)29(42)45-30(3,4)5/h10-11,13-14,21H,7-9,12,15-17H2,1-6H3,(H,36,41)/t21-/m0/s1. The lowest BCUT2D eigenvalue weighted by atomic mass is 9.96. The predicted octanol–water partition coefficient (Wildman–Crippen LogP) is 5.34. The Morgan fingerprint density at radius 2 is 1.83 bits per heavy atom. The highest BCUT2D eigenvalue weighted by atomic mass is 35.5. The average molecular weight is 687 g/mol. The summed E-state index contributed by atoms with van der Waals surface area (Å²) in [5, 5.41) is -0.205. The number of hydrogen-bond donors (Lipinski definition) is 1. The van der Waals surface area contributed by atoms with Crippen LogP contribution in [0.2, 0.25) is 5.02 Å². The number of carbonyl (C=O) groups is 1. The van der Waals surface area contributed by atoms with Gasteiger partial charge in [0, 0.05) is 31.2 Å². The molecule has 0 saturated carbocycles. The van der Waals surface area contributed by atoms with Gasteiger partial charge in [-0.15, -0.1) is 0 Å². The van der Waals surface area contributed by atoms with Crippen LogP contribution >= 0.6 is 11.6 Å². The predicted molar refractivity (Wildman–Crippen MR) is 169 cm³/mol. The Morgan fingerprint density at radius 3 is 2.43 bits per heavy atom. The number of aromatic amines is 1. The third kappa shape index (κ3) is 7.60. The second-order valence-corrected chi connectivity index (χ2v) is 15.2. The Hall–Kier alpha value is -3.36. The first-order valence-corrected chi connectivity index (χ1v) is 16.8. The van der Waals surface area contributed by atoms with E-state index in [-0.39, 0.29) is 55.9 Å². The van der Waals surface area contributed by atoms with E-state index < -0.39 is 51.1 Å². The summed E-state index contributed by atoms with van der Waals surface area (Å²) in [7, 11) is -2.18. The number of H-pyrrole nitrogens is 1. The fourth-order valence-corrected chi connectivity index (χ4v) is 7.00. The number of aromatic nitrogens is 2. The number of alkyl halides is 3. The number of hydrogen-bond acceptors (Lipinski definition) is 7. The third-order valence-corrected chi connectivity index (χ3v) is 10.2. The molecule has 0 radical (unpaired) electrons. The molecule has 0 aliphatic carbocycles. The molecule has 2 heterocycles. The number of likely N-dealkylation sites (N-methyl/N-ethyl adjacent to an activating group) is 1. The first-order chi connectivity index (χ1) is 21.2. The van der Waals surface area contributed by atoms with E-state index >= 15 is 0 Å². The van der Waals surface area contributed by atoms with Crippen molar-refractivity contribution < 1.29 is 31.1 Å². The van der Waals surface area contributed by atoms with E-state index in [1.807, 2.05) is 4.90 Å². The zero-order valence-electron chi connectivity index (χ0n) is 26.5. The van der Waals surface area contributed by atoms with Gasteiger partial charge in [-0.05, 0) is 88.0 Å². The van der Waals surface area contributed by atoms with Crippen molar-refractivity contribution >= 4 is 38.4 Å². The van der Waals surface area contributed by atoms with Gasteiger partial charge in [0.25, 0.3) is 5.56 Å². The normalized spacial score (nSPS) is 16.5. The van der Waals surface area contributed by atoms with Gasteiger partial charge in [-0.2, -0.15) is 13.2 Å². The van der Waals surface area contributed by atoms with Gasteiger partial charge >= 0.3 is 18.0 Å².